The highest BCUT2D eigenvalue weighted by Crippen LogP contribution is 2.40. The van der Waals surface area contributed by atoms with Gasteiger partial charge in [-0.3, -0.25) is 0 Å². The minimum absolute atomic E-state index is 0.00965. The highest BCUT2D eigenvalue weighted by molar-refractivity contribution is 7.99. The van der Waals surface area contributed by atoms with Crippen molar-refractivity contribution in [1.29, 1.82) is 0 Å². The van der Waals surface area contributed by atoms with Gasteiger partial charge >= 0.3 is 5.97 Å². The molecule has 1 aromatic carbocycles. The smallest absolute Gasteiger partial charge is 0.338 e. The minimum Gasteiger partial charge on any atom is -0.493 e. The van der Waals surface area contributed by atoms with Gasteiger partial charge in [-0.25, -0.2) is 9.48 Å². The van der Waals surface area contributed by atoms with Crippen molar-refractivity contribution >= 4 is 23.7 Å². The summed E-state index contributed by atoms with van der Waals surface area (Å²) < 4.78 is 18.8. The topological polar surface area (TPSA) is 87.5 Å². The lowest BCUT2D eigenvalue weighted by Gasteiger charge is -2.28. The molecule has 32 heavy (non-hydrogen) atoms. The number of fused-ring (bicyclic) bond motifs is 1. The van der Waals surface area contributed by atoms with E-state index in [1.807, 2.05) is 45.9 Å². The number of nitrogens with zero attached hydrogens (tertiary/aromatic N) is 3. The maximum atomic E-state index is 13.1. The van der Waals surface area contributed by atoms with Crippen molar-refractivity contribution in [2.75, 3.05) is 24.8 Å². The molecule has 0 amide bonds. The minimum atomic E-state index is -0.499. The van der Waals surface area contributed by atoms with E-state index in [1.54, 1.807) is 23.6 Å². The number of rotatable bonds is 10. The summed E-state index contributed by atoms with van der Waals surface area (Å²) in [6.07, 6.45) is 1.78. The van der Waals surface area contributed by atoms with Crippen LogP contribution in [-0.4, -0.2) is 46.3 Å². The number of carbonyl (C=O) groups is 1. The van der Waals surface area contributed by atoms with Crippen LogP contribution in [0.3, 0.4) is 0 Å². The molecule has 1 unspecified atom stereocenters. The number of nitrogens with one attached hydrogen (secondary N) is 1. The maximum Gasteiger partial charge on any atom is 0.338 e. The fourth-order valence-electron chi connectivity index (χ4n) is 3.49. The number of methoxy groups -OCH3 is 1. The Hall–Kier alpha value is -2.68. The third-order valence-electron chi connectivity index (χ3n) is 4.92. The van der Waals surface area contributed by atoms with Crippen molar-refractivity contribution in [3.63, 3.8) is 0 Å². The maximum absolute atomic E-state index is 13.1. The second-order valence-electron chi connectivity index (χ2n) is 7.73. The molecule has 0 saturated heterocycles. The summed E-state index contributed by atoms with van der Waals surface area (Å²) in [5, 5.41) is 8.56. The second-order valence-corrected chi connectivity index (χ2v) is 8.96. The van der Waals surface area contributed by atoms with Crippen LogP contribution in [-0.2, 0) is 9.53 Å². The largest absolute Gasteiger partial charge is 0.493 e. The Labute approximate surface area is 193 Å². The van der Waals surface area contributed by atoms with E-state index in [9.17, 15) is 4.79 Å². The Kier molecular flexibility index (Phi) is 8.06. The quantitative estimate of drug-likeness (QED) is 0.307. The van der Waals surface area contributed by atoms with Crippen molar-refractivity contribution in [3.8, 4) is 11.5 Å². The molecule has 0 aliphatic carbocycles. The lowest BCUT2D eigenvalue weighted by molar-refractivity contribution is -0.139. The molecule has 0 radical (unpaired) electrons. The molecule has 0 spiro atoms. The number of carbonyl (C=O) groups excluding carboxylic acids is 1. The van der Waals surface area contributed by atoms with Crippen molar-refractivity contribution < 1.29 is 19.0 Å². The number of hydrogen-bond donors (Lipinski definition) is 1. The first-order valence-corrected chi connectivity index (χ1v) is 12.0. The fraction of sp³-hybridized carbons (Fsp3) is 0.522. The van der Waals surface area contributed by atoms with Crippen LogP contribution in [0.4, 0.5) is 5.95 Å². The van der Waals surface area contributed by atoms with E-state index in [1.165, 1.54) is 0 Å². The average Bonchev–Trinajstić information content (AvgIpc) is 3.15. The first-order chi connectivity index (χ1) is 15.4. The fourth-order valence-corrected chi connectivity index (χ4v) is 4.04. The van der Waals surface area contributed by atoms with Gasteiger partial charge in [0.05, 0.1) is 25.4 Å². The van der Waals surface area contributed by atoms with E-state index < -0.39 is 6.04 Å². The summed E-state index contributed by atoms with van der Waals surface area (Å²) in [6.45, 7) is 10.3. The van der Waals surface area contributed by atoms with Gasteiger partial charge < -0.3 is 19.5 Å². The molecule has 2 aromatic rings. The highest BCUT2D eigenvalue weighted by atomic mass is 32.2. The number of allylic oxidation sites excluding steroid dienone is 1. The van der Waals surface area contributed by atoms with Gasteiger partial charge in [0, 0.05) is 5.70 Å². The molecule has 1 N–H and O–H groups in total. The number of hydrogen-bond acceptors (Lipinski definition) is 8. The van der Waals surface area contributed by atoms with E-state index in [-0.39, 0.29) is 12.1 Å². The summed E-state index contributed by atoms with van der Waals surface area (Å²) in [6, 6.07) is 5.18. The predicted octanol–water partition coefficient (Wildman–Crippen LogP) is 4.82. The van der Waals surface area contributed by atoms with E-state index >= 15 is 0 Å². The van der Waals surface area contributed by atoms with Crippen LogP contribution in [0.5, 0.6) is 11.5 Å². The molecule has 0 bridgehead atoms. The summed E-state index contributed by atoms with van der Waals surface area (Å²) >= 11 is 1.55. The Bertz CT molecular complexity index is 986. The number of unbranched alkanes of at least 4 members (excludes halogenated alkanes) is 1. The lowest BCUT2D eigenvalue weighted by atomic mass is 9.95. The highest BCUT2D eigenvalue weighted by Gasteiger charge is 2.35. The van der Waals surface area contributed by atoms with Gasteiger partial charge in [-0.05, 0) is 50.6 Å². The first kappa shape index (κ1) is 24.0. The van der Waals surface area contributed by atoms with Crippen molar-refractivity contribution in [2.24, 2.45) is 0 Å². The average molecular weight is 461 g/mol. The second kappa shape index (κ2) is 10.8. The Morgan fingerprint density at radius 3 is 2.72 bits per heavy atom. The third-order valence-corrected chi connectivity index (χ3v) is 5.64. The van der Waals surface area contributed by atoms with E-state index in [0.29, 0.717) is 40.5 Å². The van der Waals surface area contributed by atoms with Gasteiger partial charge in [0.15, 0.2) is 11.5 Å². The summed E-state index contributed by atoms with van der Waals surface area (Å²) in [7, 11) is 1.60. The molecule has 3 rings (SSSR count). The molecular formula is C23H32N4O4S. The van der Waals surface area contributed by atoms with Gasteiger partial charge in [0.2, 0.25) is 11.1 Å². The third kappa shape index (κ3) is 5.20. The monoisotopic (exact) mass is 460 g/mol. The molecule has 1 aromatic heterocycles. The SMILES string of the molecule is CCCCOC(=O)C1=C(C)Nc2nc(SCC)nn2C1c1ccc(OC(C)C)c(OC)c1. The number of benzene rings is 1. The van der Waals surface area contributed by atoms with Crippen molar-refractivity contribution in [3.05, 3.63) is 35.0 Å². The molecular weight excluding hydrogens is 428 g/mol. The first-order valence-electron chi connectivity index (χ1n) is 11.0. The Morgan fingerprint density at radius 2 is 2.06 bits per heavy atom. The Balaban J connectivity index is 2.08. The lowest BCUT2D eigenvalue weighted by Crippen LogP contribution is -2.30. The van der Waals surface area contributed by atoms with Crippen molar-refractivity contribution in [2.45, 2.75) is 64.8 Å². The molecule has 1 aliphatic rings. The standard InChI is InChI=1S/C23H32N4O4S/c1-7-9-12-30-21(28)19-15(5)24-22-25-23(32-8-2)26-27(22)20(19)16-10-11-17(31-14(3)4)18(13-16)29-6/h10-11,13-14,20H,7-9,12H2,1-6H3,(H,24,25,26). The molecule has 174 valence electrons. The zero-order valence-electron chi connectivity index (χ0n) is 19.6. The number of anilines is 1. The van der Waals surface area contributed by atoms with Gasteiger partial charge in [-0.2, -0.15) is 4.98 Å². The number of ether oxygens (including phenoxy) is 3. The number of thioether (sulfide) groups is 1. The molecule has 8 nitrogen and oxygen atoms in total. The van der Waals surface area contributed by atoms with Gasteiger partial charge in [0.25, 0.3) is 0 Å². The van der Waals surface area contributed by atoms with Crippen LogP contribution in [0.25, 0.3) is 0 Å². The van der Waals surface area contributed by atoms with Crippen LogP contribution in [0, 0.1) is 0 Å². The van der Waals surface area contributed by atoms with Gasteiger partial charge in [-0.15, -0.1) is 5.10 Å². The summed E-state index contributed by atoms with van der Waals surface area (Å²) in [4.78, 5) is 17.7. The zero-order valence-corrected chi connectivity index (χ0v) is 20.4. The van der Waals surface area contributed by atoms with Crippen LogP contribution >= 0.6 is 11.8 Å². The van der Waals surface area contributed by atoms with Crippen LogP contribution in [0.2, 0.25) is 0 Å². The number of aromatic nitrogens is 3. The molecule has 1 aliphatic heterocycles. The Morgan fingerprint density at radius 1 is 1.28 bits per heavy atom. The summed E-state index contributed by atoms with van der Waals surface area (Å²) in [5.41, 5.74) is 2.04. The molecule has 0 fully saturated rings. The molecule has 0 saturated carbocycles. The molecule has 2 heterocycles. The van der Waals surface area contributed by atoms with Crippen LogP contribution in [0.1, 0.15) is 59.1 Å². The predicted molar refractivity (Wildman–Crippen MR) is 126 cm³/mol. The van der Waals surface area contributed by atoms with Gasteiger partial charge in [0.1, 0.15) is 6.04 Å². The molecule has 1 atom stereocenters. The van der Waals surface area contributed by atoms with Crippen LogP contribution < -0.4 is 14.8 Å². The normalized spacial score (nSPS) is 15.4. The summed E-state index contributed by atoms with van der Waals surface area (Å²) in [5.74, 6) is 2.32. The van der Waals surface area contributed by atoms with E-state index in [0.717, 1.165) is 24.2 Å². The zero-order chi connectivity index (χ0) is 23.3. The van der Waals surface area contributed by atoms with Crippen molar-refractivity contribution in [1.82, 2.24) is 14.8 Å². The van der Waals surface area contributed by atoms with E-state index in [4.69, 9.17) is 14.2 Å². The number of esters is 1. The van der Waals surface area contributed by atoms with Crippen LogP contribution in [0.15, 0.2) is 34.6 Å². The molecule has 9 heteroatoms. The van der Waals surface area contributed by atoms with E-state index in [2.05, 4.69) is 22.3 Å². The van der Waals surface area contributed by atoms with Gasteiger partial charge in [-0.1, -0.05) is 38.1 Å².